The molecule has 2 bridgehead atoms. The highest BCUT2D eigenvalue weighted by atomic mass is 35.5. The van der Waals surface area contributed by atoms with Crippen LogP contribution in [0.5, 0.6) is 0 Å². The molecule has 4 aliphatic carbocycles. The number of imide groups is 1. The zero-order valence-electron chi connectivity index (χ0n) is 14.3. The second kappa shape index (κ2) is 5.43. The number of amides is 3. The Hall–Kier alpha value is -2.14. The van der Waals surface area contributed by atoms with Gasteiger partial charge in [0.1, 0.15) is 6.67 Å². The lowest BCUT2D eigenvalue weighted by Crippen LogP contribution is -2.44. The third-order valence-electron chi connectivity index (χ3n) is 6.56. The third kappa shape index (κ3) is 2.13. The zero-order valence-corrected chi connectivity index (χ0v) is 15.1. The molecule has 6 rings (SSSR count). The van der Waals surface area contributed by atoms with Crippen molar-refractivity contribution in [3.05, 3.63) is 41.4 Å². The van der Waals surface area contributed by atoms with Crippen LogP contribution in [0.4, 0.5) is 5.69 Å². The smallest absolute Gasteiger partial charge is 0.235 e. The SMILES string of the molecule is CC(=O)N(CN1C(=O)[C@@H]2[C@H]3C=C[C@@H]([C@@H]4C[C@H]34)[C@@H]2C1=O)c1ccc(Cl)cc1. The Bertz CT molecular complexity index is 813. The van der Waals surface area contributed by atoms with Crippen molar-refractivity contribution in [2.24, 2.45) is 35.5 Å². The number of hydrogen-bond acceptors (Lipinski definition) is 3. The number of rotatable bonds is 3. The molecule has 3 fully saturated rings. The standard InChI is InChI=1S/C20H19ClN2O3/c1-10(24)22(12-4-2-11(21)3-5-12)9-23-19(25)17-13-6-7-14(16-8-15(13)16)18(17)20(23)26/h2-7,13-18H,8-9H2,1H3/t13-,14-,15-,16+,17-,18+/m0/s1. The van der Waals surface area contributed by atoms with Gasteiger partial charge in [-0.2, -0.15) is 0 Å². The molecule has 0 unspecified atom stereocenters. The molecule has 0 aromatic heterocycles. The van der Waals surface area contributed by atoms with Gasteiger partial charge in [-0.25, -0.2) is 0 Å². The molecular weight excluding hydrogens is 352 g/mol. The first-order valence-corrected chi connectivity index (χ1v) is 9.42. The van der Waals surface area contributed by atoms with Crippen molar-refractivity contribution >= 4 is 35.0 Å². The largest absolute Gasteiger partial charge is 0.294 e. The average molecular weight is 371 g/mol. The van der Waals surface area contributed by atoms with Gasteiger partial charge in [0.2, 0.25) is 17.7 Å². The number of halogens is 1. The minimum Gasteiger partial charge on any atom is -0.294 e. The molecule has 1 aromatic carbocycles. The molecule has 26 heavy (non-hydrogen) atoms. The van der Waals surface area contributed by atoms with E-state index in [-0.39, 0.29) is 48.1 Å². The van der Waals surface area contributed by atoms with Gasteiger partial charge < -0.3 is 0 Å². The van der Waals surface area contributed by atoms with Gasteiger partial charge in [0.25, 0.3) is 0 Å². The number of hydrogen-bond donors (Lipinski definition) is 0. The molecule has 5 nitrogen and oxygen atoms in total. The van der Waals surface area contributed by atoms with E-state index in [4.69, 9.17) is 11.6 Å². The number of nitrogens with zero attached hydrogens (tertiary/aromatic N) is 2. The van der Waals surface area contributed by atoms with Crippen molar-refractivity contribution in [1.82, 2.24) is 4.90 Å². The topological polar surface area (TPSA) is 57.7 Å². The van der Waals surface area contributed by atoms with Crippen LogP contribution in [0.25, 0.3) is 0 Å². The fraction of sp³-hybridized carbons (Fsp3) is 0.450. The van der Waals surface area contributed by atoms with Gasteiger partial charge in [-0.1, -0.05) is 23.8 Å². The monoisotopic (exact) mass is 370 g/mol. The van der Waals surface area contributed by atoms with E-state index in [1.807, 2.05) is 0 Å². The quantitative estimate of drug-likeness (QED) is 0.607. The predicted molar refractivity (Wildman–Crippen MR) is 96.0 cm³/mol. The lowest BCUT2D eigenvalue weighted by Gasteiger charge is -2.37. The fourth-order valence-corrected chi connectivity index (χ4v) is 5.41. The van der Waals surface area contributed by atoms with Crippen LogP contribution in [0.15, 0.2) is 36.4 Å². The van der Waals surface area contributed by atoms with Crippen LogP contribution in [0.3, 0.4) is 0 Å². The first-order chi connectivity index (χ1) is 12.5. The van der Waals surface area contributed by atoms with E-state index in [0.717, 1.165) is 6.42 Å². The molecule has 2 saturated carbocycles. The summed E-state index contributed by atoms with van der Waals surface area (Å²) in [5.41, 5.74) is 0.626. The maximum Gasteiger partial charge on any atom is 0.235 e. The highest BCUT2D eigenvalue weighted by Crippen LogP contribution is 2.65. The van der Waals surface area contributed by atoms with Crippen molar-refractivity contribution in [3.8, 4) is 0 Å². The fourth-order valence-electron chi connectivity index (χ4n) is 5.28. The summed E-state index contributed by atoms with van der Waals surface area (Å²) in [6.45, 7) is 1.41. The summed E-state index contributed by atoms with van der Waals surface area (Å²) in [5.74, 6) is 0.601. The van der Waals surface area contributed by atoms with Crippen molar-refractivity contribution in [3.63, 3.8) is 0 Å². The summed E-state index contributed by atoms with van der Waals surface area (Å²) < 4.78 is 0. The summed E-state index contributed by atoms with van der Waals surface area (Å²) in [5, 5.41) is 0.568. The van der Waals surface area contributed by atoms with E-state index < -0.39 is 0 Å². The Morgan fingerprint density at radius 3 is 2.12 bits per heavy atom. The molecule has 134 valence electrons. The van der Waals surface area contributed by atoms with Gasteiger partial charge in [-0.3, -0.25) is 24.2 Å². The van der Waals surface area contributed by atoms with Crippen LogP contribution >= 0.6 is 11.6 Å². The van der Waals surface area contributed by atoms with Gasteiger partial charge in [0.05, 0.1) is 11.8 Å². The number of allylic oxidation sites excluding steroid dienone is 2. The number of benzene rings is 1. The first-order valence-electron chi connectivity index (χ1n) is 9.04. The van der Waals surface area contributed by atoms with Crippen molar-refractivity contribution in [1.29, 1.82) is 0 Å². The van der Waals surface area contributed by atoms with Crippen LogP contribution in [-0.2, 0) is 14.4 Å². The van der Waals surface area contributed by atoms with Crippen molar-refractivity contribution in [2.45, 2.75) is 13.3 Å². The summed E-state index contributed by atoms with van der Waals surface area (Å²) >= 11 is 5.92. The van der Waals surface area contributed by atoms with Gasteiger partial charge in [0.15, 0.2) is 0 Å². The second-order valence-corrected chi connectivity index (χ2v) is 8.26. The molecule has 6 heteroatoms. The summed E-state index contributed by atoms with van der Waals surface area (Å²) in [6, 6.07) is 6.83. The molecule has 1 aromatic rings. The van der Waals surface area contributed by atoms with Crippen LogP contribution < -0.4 is 4.90 Å². The molecule has 6 atom stereocenters. The highest BCUT2D eigenvalue weighted by Gasteiger charge is 2.67. The molecule has 0 radical (unpaired) electrons. The van der Waals surface area contributed by atoms with E-state index in [2.05, 4.69) is 12.2 Å². The van der Waals surface area contributed by atoms with Gasteiger partial charge in [-0.15, -0.1) is 0 Å². The summed E-state index contributed by atoms with van der Waals surface area (Å²) in [6.07, 6.45) is 5.44. The minimum absolute atomic E-state index is 0.0313. The number of carbonyl (C=O) groups is 3. The Labute approximate surface area is 156 Å². The maximum absolute atomic E-state index is 13.1. The number of anilines is 1. The molecule has 1 heterocycles. The summed E-state index contributed by atoms with van der Waals surface area (Å²) in [7, 11) is 0. The van der Waals surface area contributed by atoms with E-state index >= 15 is 0 Å². The highest BCUT2D eigenvalue weighted by molar-refractivity contribution is 6.30. The molecular formula is C20H19ClN2O3. The van der Waals surface area contributed by atoms with Crippen molar-refractivity contribution in [2.75, 3.05) is 11.6 Å². The Morgan fingerprint density at radius 1 is 1.08 bits per heavy atom. The van der Waals surface area contributed by atoms with Crippen LogP contribution in [-0.4, -0.2) is 29.3 Å². The van der Waals surface area contributed by atoms with Crippen LogP contribution in [0.2, 0.25) is 5.02 Å². The van der Waals surface area contributed by atoms with E-state index in [9.17, 15) is 14.4 Å². The Kier molecular flexibility index (Phi) is 3.35. The lowest BCUT2D eigenvalue weighted by molar-refractivity contribution is -0.140. The van der Waals surface area contributed by atoms with Gasteiger partial charge in [-0.05, 0) is 54.4 Å². The Balaban J connectivity index is 1.44. The number of carbonyl (C=O) groups excluding carboxylic acids is 3. The first kappa shape index (κ1) is 16.1. The predicted octanol–water partition coefficient (Wildman–Crippen LogP) is 2.70. The van der Waals surface area contributed by atoms with Crippen LogP contribution in [0.1, 0.15) is 13.3 Å². The molecule has 3 amide bonds. The summed E-state index contributed by atoms with van der Waals surface area (Å²) in [4.78, 5) is 41.0. The minimum atomic E-state index is -0.236. The Morgan fingerprint density at radius 2 is 1.62 bits per heavy atom. The zero-order chi connectivity index (χ0) is 18.2. The molecule has 5 aliphatic rings. The maximum atomic E-state index is 13.1. The molecule has 0 N–H and O–H groups in total. The van der Waals surface area contributed by atoms with E-state index in [1.165, 1.54) is 16.7 Å². The van der Waals surface area contributed by atoms with Gasteiger partial charge in [0, 0.05) is 17.6 Å². The van der Waals surface area contributed by atoms with Gasteiger partial charge >= 0.3 is 0 Å². The van der Waals surface area contributed by atoms with E-state index in [1.54, 1.807) is 24.3 Å². The number of likely N-dealkylation sites (tertiary alicyclic amines) is 1. The van der Waals surface area contributed by atoms with Crippen LogP contribution in [0, 0.1) is 35.5 Å². The molecule has 0 spiro atoms. The normalized spacial score (nSPS) is 36.2. The second-order valence-electron chi connectivity index (χ2n) is 7.82. The lowest BCUT2D eigenvalue weighted by atomic mass is 9.63. The third-order valence-corrected chi connectivity index (χ3v) is 6.81. The molecule has 1 saturated heterocycles. The van der Waals surface area contributed by atoms with Crippen molar-refractivity contribution < 1.29 is 14.4 Å². The van der Waals surface area contributed by atoms with E-state index in [0.29, 0.717) is 22.5 Å². The average Bonchev–Trinajstić information content (AvgIpc) is 3.40. The molecule has 1 aliphatic heterocycles.